The van der Waals surface area contributed by atoms with Crippen LogP contribution in [0.5, 0.6) is 0 Å². The predicted octanol–water partition coefficient (Wildman–Crippen LogP) is 2.57. The van der Waals surface area contributed by atoms with Gasteiger partial charge >= 0.3 is 0 Å². The van der Waals surface area contributed by atoms with E-state index in [2.05, 4.69) is 16.4 Å². The van der Waals surface area contributed by atoms with Crippen LogP contribution in [0.3, 0.4) is 0 Å². The molecule has 4 nitrogen and oxygen atoms in total. The number of carbonyl (C=O) groups excluding carboxylic acids is 1. The second-order valence-electron chi connectivity index (χ2n) is 4.65. The molecule has 1 amide bonds. The molecule has 2 rings (SSSR count). The SMILES string of the molecule is CCc1cccnc1CNC(=O)C(C#N)c1ccccc1. The first kappa shape index (κ1) is 14.7. The highest BCUT2D eigenvalue weighted by Gasteiger charge is 2.19. The van der Waals surface area contributed by atoms with E-state index in [9.17, 15) is 10.1 Å². The summed E-state index contributed by atoms with van der Waals surface area (Å²) in [6.45, 7) is 2.39. The molecule has 0 saturated heterocycles. The Morgan fingerprint density at radius 2 is 2.05 bits per heavy atom. The third-order valence-electron chi connectivity index (χ3n) is 3.32. The van der Waals surface area contributed by atoms with Crippen molar-refractivity contribution in [3.05, 3.63) is 65.5 Å². The van der Waals surface area contributed by atoms with Gasteiger partial charge in [0.25, 0.3) is 0 Å². The fourth-order valence-electron chi connectivity index (χ4n) is 2.16. The van der Waals surface area contributed by atoms with Gasteiger partial charge < -0.3 is 5.32 Å². The van der Waals surface area contributed by atoms with Gasteiger partial charge in [0.2, 0.25) is 5.91 Å². The molecule has 0 spiro atoms. The summed E-state index contributed by atoms with van der Waals surface area (Å²) in [5.74, 6) is -1.09. The molecule has 2 aromatic rings. The van der Waals surface area contributed by atoms with Crippen molar-refractivity contribution >= 4 is 5.91 Å². The summed E-state index contributed by atoms with van der Waals surface area (Å²) in [5.41, 5.74) is 2.65. The zero-order valence-electron chi connectivity index (χ0n) is 11.9. The van der Waals surface area contributed by atoms with E-state index in [-0.39, 0.29) is 5.91 Å². The second kappa shape index (κ2) is 7.20. The molecule has 0 radical (unpaired) electrons. The van der Waals surface area contributed by atoms with Crippen molar-refractivity contribution < 1.29 is 4.79 Å². The predicted molar refractivity (Wildman–Crippen MR) is 80.3 cm³/mol. The molecule has 1 aromatic heterocycles. The minimum Gasteiger partial charge on any atom is -0.349 e. The first-order valence-electron chi connectivity index (χ1n) is 6.91. The Morgan fingerprint density at radius 1 is 1.29 bits per heavy atom. The van der Waals surface area contributed by atoms with Crippen LogP contribution in [-0.4, -0.2) is 10.9 Å². The van der Waals surface area contributed by atoms with E-state index in [1.807, 2.05) is 37.3 Å². The third-order valence-corrected chi connectivity index (χ3v) is 3.32. The first-order chi connectivity index (χ1) is 10.3. The van der Waals surface area contributed by atoms with Crippen LogP contribution >= 0.6 is 0 Å². The van der Waals surface area contributed by atoms with E-state index in [0.29, 0.717) is 12.1 Å². The molecule has 106 valence electrons. The lowest BCUT2D eigenvalue weighted by Crippen LogP contribution is -2.29. The summed E-state index contributed by atoms with van der Waals surface area (Å²) in [4.78, 5) is 16.5. The van der Waals surface area contributed by atoms with Crippen LogP contribution in [0.2, 0.25) is 0 Å². The largest absolute Gasteiger partial charge is 0.349 e. The number of nitrogens with one attached hydrogen (secondary N) is 1. The van der Waals surface area contributed by atoms with Crippen LogP contribution in [0.15, 0.2) is 48.7 Å². The standard InChI is InChI=1S/C17H17N3O/c1-2-13-9-6-10-19-16(13)12-20-17(21)15(11-18)14-7-4-3-5-8-14/h3-10,15H,2,12H2,1H3,(H,20,21). The van der Waals surface area contributed by atoms with Gasteiger partial charge in [-0.25, -0.2) is 0 Å². The van der Waals surface area contributed by atoms with Gasteiger partial charge in [-0.3, -0.25) is 9.78 Å². The molecule has 1 aromatic carbocycles. The fourth-order valence-corrected chi connectivity index (χ4v) is 2.16. The first-order valence-corrected chi connectivity index (χ1v) is 6.91. The molecule has 1 unspecified atom stereocenters. The number of benzene rings is 1. The van der Waals surface area contributed by atoms with Crippen LogP contribution in [-0.2, 0) is 17.8 Å². The van der Waals surface area contributed by atoms with Gasteiger partial charge in [0.15, 0.2) is 0 Å². The van der Waals surface area contributed by atoms with Crippen molar-refractivity contribution in [1.29, 1.82) is 5.26 Å². The molecule has 0 aliphatic rings. The van der Waals surface area contributed by atoms with Gasteiger partial charge in [-0.15, -0.1) is 0 Å². The number of nitriles is 1. The molecular formula is C17H17N3O. The Hall–Kier alpha value is -2.67. The van der Waals surface area contributed by atoms with Crippen molar-refractivity contribution in [2.24, 2.45) is 0 Å². The average Bonchev–Trinajstić information content (AvgIpc) is 2.55. The third kappa shape index (κ3) is 3.67. The monoisotopic (exact) mass is 279 g/mol. The number of nitrogens with zero attached hydrogens (tertiary/aromatic N) is 2. The smallest absolute Gasteiger partial charge is 0.242 e. The average molecular weight is 279 g/mol. The van der Waals surface area contributed by atoms with Crippen molar-refractivity contribution in [1.82, 2.24) is 10.3 Å². The number of aromatic nitrogens is 1. The summed E-state index contributed by atoms with van der Waals surface area (Å²) < 4.78 is 0. The number of carbonyl (C=O) groups is 1. The van der Waals surface area contributed by atoms with E-state index in [1.54, 1.807) is 18.3 Å². The van der Waals surface area contributed by atoms with Crippen LogP contribution < -0.4 is 5.32 Å². The van der Waals surface area contributed by atoms with Crippen LogP contribution in [0.25, 0.3) is 0 Å². The highest BCUT2D eigenvalue weighted by molar-refractivity contribution is 5.86. The lowest BCUT2D eigenvalue weighted by molar-refractivity contribution is -0.121. The van der Waals surface area contributed by atoms with Gasteiger partial charge in [0.05, 0.1) is 18.3 Å². The van der Waals surface area contributed by atoms with Crippen molar-refractivity contribution in [2.75, 3.05) is 0 Å². The number of amides is 1. The van der Waals surface area contributed by atoms with Gasteiger partial charge in [-0.1, -0.05) is 43.3 Å². The van der Waals surface area contributed by atoms with E-state index >= 15 is 0 Å². The maximum Gasteiger partial charge on any atom is 0.242 e. The maximum absolute atomic E-state index is 12.2. The lowest BCUT2D eigenvalue weighted by Gasteiger charge is -2.11. The minimum absolute atomic E-state index is 0.295. The van der Waals surface area contributed by atoms with Gasteiger partial charge in [-0.05, 0) is 23.6 Å². The lowest BCUT2D eigenvalue weighted by atomic mass is 10.00. The highest BCUT2D eigenvalue weighted by Crippen LogP contribution is 2.15. The van der Waals surface area contributed by atoms with Crippen molar-refractivity contribution in [3.8, 4) is 6.07 Å². The number of pyridine rings is 1. The fraction of sp³-hybridized carbons (Fsp3) is 0.235. The summed E-state index contributed by atoms with van der Waals surface area (Å²) in [5, 5.41) is 12.0. The topological polar surface area (TPSA) is 65.8 Å². The molecular weight excluding hydrogens is 262 g/mol. The highest BCUT2D eigenvalue weighted by atomic mass is 16.1. The van der Waals surface area contributed by atoms with Crippen LogP contribution in [0.1, 0.15) is 29.7 Å². The molecule has 1 heterocycles. The Morgan fingerprint density at radius 3 is 2.71 bits per heavy atom. The Labute approximate surface area is 124 Å². The minimum atomic E-state index is -0.792. The van der Waals surface area contributed by atoms with Crippen LogP contribution in [0.4, 0.5) is 0 Å². The van der Waals surface area contributed by atoms with Gasteiger partial charge in [-0.2, -0.15) is 5.26 Å². The summed E-state index contributed by atoms with van der Waals surface area (Å²) in [7, 11) is 0. The molecule has 0 fully saturated rings. The van der Waals surface area contributed by atoms with E-state index in [0.717, 1.165) is 17.7 Å². The van der Waals surface area contributed by atoms with Crippen LogP contribution in [0, 0.1) is 11.3 Å². The molecule has 0 bridgehead atoms. The zero-order valence-corrected chi connectivity index (χ0v) is 11.9. The van der Waals surface area contributed by atoms with E-state index < -0.39 is 5.92 Å². The molecule has 1 N–H and O–H groups in total. The Bertz CT molecular complexity index is 647. The summed E-state index contributed by atoms with van der Waals surface area (Å²) in [6.07, 6.45) is 2.57. The van der Waals surface area contributed by atoms with Gasteiger partial charge in [0, 0.05) is 6.20 Å². The molecule has 0 aliphatic carbocycles. The Balaban J connectivity index is 2.06. The number of hydrogen-bond acceptors (Lipinski definition) is 3. The maximum atomic E-state index is 12.2. The molecule has 1 atom stereocenters. The van der Waals surface area contributed by atoms with Crippen molar-refractivity contribution in [2.45, 2.75) is 25.8 Å². The summed E-state index contributed by atoms with van der Waals surface area (Å²) in [6, 6.07) is 15.0. The number of rotatable bonds is 5. The number of hydrogen-bond donors (Lipinski definition) is 1. The quantitative estimate of drug-likeness (QED) is 0.914. The molecule has 0 saturated carbocycles. The van der Waals surface area contributed by atoms with E-state index in [4.69, 9.17) is 0 Å². The van der Waals surface area contributed by atoms with E-state index in [1.165, 1.54) is 0 Å². The normalized spacial score (nSPS) is 11.4. The zero-order chi connectivity index (χ0) is 15.1. The molecule has 0 aliphatic heterocycles. The second-order valence-corrected chi connectivity index (χ2v) is 4.65. The Kier molecular flexibility index (Phi) is 5.05. The van der Waals surface area contributed by atoms with Crippen molar-refractivity contribution in [3.63, 3.8) is 0 Å². The van der Waals surface area contributed by atoms with Gasteiger partial charge in [0.1, 0.15) is 5.92 Å². The molecule has 21 heavy (non-hydrogen) atoms. The summed E-state index contributed by atoms with van der Waals surface area (Å²) >= 11 is 0. The molecule has 4 heteroatoms. The number of aryl methyl sites for hydroxylation is 1.